The van der Waals surface area contributed by atoms with Crippen LogP contribution in [0.2, 0.25) is 0 Å². The molecule has 4 heteroatoms. The van der Waals surface area contributed by atoms with Gasteiger partial charge in [-0.3, -0.25) is 4.79 Å². The lowest BCUT2D eigenvalue weighted by atomic mass is 9.97. The molecule has 1 amide bonds. The fourth-order valence-electron chi connectivity index (χ4n) is 2.22. The zero-order chi connectivity index (χ0) is 13.0. The molecule has 18 heavy (non-hydrogen) atoms. The third-order valence-corrected chi connectivity index (χ3v) is 3.27. The van der Waals surface area contributed by atoms with Crippen molar-refractivity contribution >= 4 is 5.91 Å². The molecule has 0 bridgehead atoms. The maximum absolute atomic E-state index is 10.9. The van der Waals surface area contributed by atoms with Gasteiger partial charge in [0.2, 0.25) is 5.91 Å². The quantitative estimate of drug-likeness (QED) is 0.828. The van der Waals surface area contributed by atoms with Crippen LogP contribution < -0.4 is 15.8 Å². The van der Waals surface area contributed by atoms with Gasteiger partial charge in [0.05, 0.1) is 0 Å². The molecule has 1 heterocycles. The van der Waals surface area contributed by atoms with Crippen molar-refractivity contribution in [2.45, 2.75) is 31.8 Å². The summed E-state index contributed by atoms with van der Waals surface area (Å²) in [6.07, 6.45) is 1.71. The average molecular weight is 248 g/mol. The molecular weight excluding hydrogens is 228 g/mol. The summed E-state index contributed by atoms with van der Waals surface area (Å²) in [6.45, 7) is 3.94. The van der Waals surface area contributed by atoms with Crippen molar-refractivity contribution in [3.63, 3.8) is 0 Å². The summed E-state index contributed by atoms with van der Waals surface area (Å²) in [5.74, 6) is 0.781. The van der Waals surface area contributed by atoms with Crippen LogP contribution in [-0.2, 0) is 4.79 Å². The van der Waals surface area contributed by atoms with E-state index in [1.54, 1.807) is 0 Å². The summed E-state index contributed by atoms with van der Waals surface area (Å²) in [5, 5.41) is 3.27. The van der Waals surface area contributed by atoms with Gasteiger partial charge in [-0.15, -0.1) is 0 Å². The minimum absolute atomic E-state index is 0.157. The topological polar surface area (TPSA) is 64.4 Å². The van der Waals surface area contributed by atoms with Crippen LogP contribution in [0.3, 0.4) is 0 Å². The Hall–Kier alpha value is -1.55. The van der Waals surface area contributed by atoms with Gasteiger partial charge in [0.25, 0.3) is 0 Å². The van der Waals surface area contributed by atoms with Gasteiger partial charge in [-0.2, -0.15) is 0 Å². The highest BCUT2D eigenvalue weighted by Crippen LogP contribution is 2.22. The van der Waals surface area contributed by atoms with Crippen LogP contribution in [-0.4, -0.2) is 25.1 Å². The number of rotatable bonds is 5. The summed E-state index contributed by atoms with van der Waals surface area (Å²) in [5.41, 5.74) is 6.32. The van der Waals surface area contributed by atoms with Crippen LogP contribution in [0, 0.1) is 0 Å². The van der Waals surface area contributed by atoms with Crippen LogP contribution in [0.15, 0.2) is 24.3 Å². The number of ether oxygens (including phenoxy) is 1. The number of nitrogens with one attached hydrogen (secondary N) is 1. The molecule has 3 N–H and O–H groups in total. The van der Waals surface area contributed by atoms with Crippen LogP contribution in [0.5, 0.6) is 5.75 Å². The molecule has 1 aliphatic rings. The van der Waals surface area contributed by atoms with Gasteiger partial charge in [0.1, 0.15) is 11.9 Å². The largest absolute Gasteiger partial charge is 0.489 e. The van der Waals surface area contributed by atoms with Gasteiger partial charge in [-0.05, 0) is 36.6 Å². The first-order valence-corrected chi connectivity index (χ1v) is 6.41. The second kappa shape index (κ2) is 5.87. The molecule has 0 aromatic heterocycles. The van der Waals surface area contributed by atoms with E-state index >= 15 is 0 Å². The molecule has 0 spiro atoms. The molecule has 0 aliphatic carbocycles. The van der Waals surface area contributed by atoms with Crippen molar-refractivity contribution in [2.24, 2.45) is 5.73 Å². The second-order valence-corrected chi connectivity index (χ2v) is 4.87. The van der Waals surface area contributed by atoms with E-state index < -0.39 is 0 Å². The summed E-state index contributed by atoms with van der Waals surface area (Å²) in [4.78, 5) is 10.9. The van der Waals surface area contributed by atoms with Crippen LogP contribution in [0.1, 0.15) is 31.2 Å². The highest BCUT2D eigenvalue weighted by molar-refractivity contribution is 5.74. The van der Waals surface area contributed by atoms with E-state index in [0.717, 1.165) is 30.8 Å². The summed E-state index contributed by atoms with van der Waals surface area (Å²) < 4.78 is 5.84. The van der Waals surface area contributed by atoms with Gasteiger partial charge < -0.3 is 15.8 Å². The first-order valence-electron chi connectivity index (χ1n) is 6.41. The first kappa shape index (κ1) is 12.9. The number of nitrogens with two attached hydrogens (primary N) is 1. The smallest absolute Gasteiger partial charge is 0.218 e. The fraction of sp³-hybridized carbons (Fsp3) is 0.500. The Labute approximate surface area is 108 Å². The normalized spacial score (nSPS) is 20.6. The molecule has 98 valence electrons. The molecule has 2 atom stereocenters. The molecule has 2 rings (SSSR count). The third kappa shape index (κ3) is 3.47. The van der Waals surface area contributed by atoms with Crippen molar-refractivity contribution in [1.29, 1.82) is 0 Å². The Morgan fingerprint density at radius 3 is 2.78 bits per heavy atom. The average Bonchev–Trinajstić information content (AvgIpc) is 2.82. The van der Waals surface area contributed by atoms with Crippen molar-refractivity contribution in [3.05, 3.63) is 29.8 Å². The van der Waals surface area contributed by atoms with E-state index in [1.807, 2.05) is 31.2 Å². The molecule has 1 saturated heterocycles. The number of primary amides is 1. The van der Waals surface area contributed by atoms with Crippen molar-refractivity contribution in [2.75, 3.05) is 13.1 Å². The number of benzene rings is 1. The fourth-order valence-corrected chi connectivity index (χ4v) is 2.22. The van der Waals surface area contributed by atoms with Crippen LogP contribution in [0.25, 0.3) is 0 Å². The Bertz CT molecular complexity index is 397. The van der Waals surface area contributed by atoms with E-state index in [1.165, 1.54) is 0 Å². The lowest BCUT2D eigenvalue weighted by Crippen LogP contribution is -2.19. The highest BCUT2D eigenvalue weighted by atomic mass is 16.5. The summed E-state index contributed by atoms with van der Waals surface area (Å²) in [6, 6.07) is 7.94. The Kier molecular flexibility index (Phi) is 4.20. The first-order chi connectivity index (χ1) is 8.65. The third-order valence-electron chi connectivity index (χ3n) is 3.27. The molecule has 1 aliphatic heterocycles. The van der Waals surface area contributed by atoms with E-state index in [0.29, 0.717) is 6.42 Å². The molecule has 0 unspecified atom stereocenters. The maximum atomic E-state index is 10.9. The van der Waals surface area contributed by atoms with Gasteiger partial charge in [-0.1, -0.05) is 19.1 Å². The lowest BCUT2D eigenvalue weighted by Gasteiger charge is -2.14. The number of carbonyl (C=O) groups excluding carboxylic acids is 1. The number of amides is 1. The minimum Gasteiger partial charge on any atom is -0.489 e. The molecule has 0 saturated carbocycles. The molecule has 1 fully saturated rings. The Morgan fingerprint density at radius 1 is 1.50 bits per heavy atom. The molecular formula is C14H20N2O2. The van der Waals surface area contributed by atoms with E-state index in [2.05, 4.69) is 5.32 Å². The zero-order valence-electron chi connectivity index (χ0n) is 10.7. The van der Waals surface area contributed by atoms with Crippen LogP contribution >= 0.6 is 0 Å². The number of hydrogen-bond acceptors (Lipinski definition) is 3. The van der Waals surface area contributed by atoms with E-state index in [9.17, 15) is 4.79 Å². The molecule has 4 nitrogen and oxygen atoms in total. The molecule has 1 aromatic carbocycles. The Balaban J connectivity index is 1.94. The summed E-state index contributed by atoms with van der Waals surface area (Å²) >= 11 is 0. The lowest BCUT2D eigenvalue weighted by molar-refractivity contribution is -0.118. The van der Waals surface area contributed by atoms with Crippen molar-refractivity contribution < 1.29 is 9.53 Å². The van der Waals surface area contributed by atoms with Gasteiger partial charge in [0.15, 0.2) is 0 Å². The van der Waals surface area contributed by atoms with Crippen molar-refractivity contribution in [1.82, 2.24) is 5.32 Å². The number of hydrogen-bond donors (Lipinski definition) is 2. The van der Waals surface area contributed by atoms with Gasteiger partial charge in [0, 0.05) is 13.0 Å². The standard InChI is InChI=1S/C14H20N2O2/c1-10(8-14(15)17)11-2-4-12(5-3-11)18-13-6-7-16-9-13/h2-5,10,13,16H,6-9H2,1H3,(H2,15,17)/t10-,13+/m0/s1. The predicted molar refractivity (Wildman–Crippen MR) is 70.6 cm³/mol. The second-order valence-electron chi connectivity index (χ2n) is 4.87. The zero-order valence-corrected chi connectivity index (χ0v) is 10.7. The minimum atomic E-state index is -0.264. The van der Waals surface area contributed by atoms with Crippen molar-refractivity contribution in [3.8, 4) is 5.75 Å². The van der Waals surface area contributed by atoms with E-state index in [-0.39, 0.29) is 17.9 Å². The molecule has 1 aromatic rings. The highest BCUT2D eigenvalue weighted by Gasteiger charge is 2.16. The SMILES string of the molecule is C[C@@H](CC(N)=O)c1ccc(O[C@@H]2CCNC2)cc1. The molecule has 0 radical (unpaired) electrons. The maximum Gasteiger partial charge on any atom is 0.218 e. The Morgan fingerprint density at radius 2 is 2.22 bits per heavy atom. The summed E-state index contributed by atoms with van der Waals surface area (Å²) in [7, 11) is 0. The van der Waals surface area contributed by atoms with Gasteiger partial charge >= 0.3 is 0 Å². The predicted octanol–water partition coefficient (Wildman–Crippen LogP) is 1.41. The number of carbonyl (C=O) groups is 1. The van der Waals surface area contributed by atoms with E-state index in [4.69, 9.17) is 10.5 Å². The van der Waals surface area contributed by atoms with Crippen LogP contribution in [0.4, 0.5) is 0 Å². The monoisotopic (exact) mass is 248 g/mol. The van der Waals surface area contributed by atoms with Gasteiger partial charge in [-0.25, -0.2) is 0 Å².